The zero-order valence-electron chi connectivity index (χ0n) is 20.2. The quantitative estimate of drug-likeness (QED) is 0.511. The average molecular weight is 528 g/mol. The lowest BCUT2D eigenvalue weighted by molar-refractivity contribution is -0.138. The van der Waals surface area contributed by atoms with Gasteiger partial charge < -0.3 is 19.4 Å². The van der Waals surface area contributed by atoms with Gasteiger partial charge in [0.15, 0.2) is 5.82 Å². The predicted molar refractivity (Wildman–Crippen MR) is 133 cm³/mol. The van der Waals surface area contributed by atoms with Crippen LogP contribution in [0.3, 0.4) is 0 Å². The van der Waals surface area contributed by atoms with E-state index in [0.717, 1.165) is 12.4 Å². The number of amides is 1. The fraction of sp³-hybridized carbons (Fsp3) is 0.400. The van der Waals surface area contributed by atoms with Gasteiger partial charge in [0.25, 0.3) is 5.56 Å². The number of hydrogen-bond acceptors (Lipinski definition) is 8. The van der Waals surface area contributed by atoms with Crippen molar-refractivity contribution in [3.63, 3.8) is 0 Å². The highest BCUT2D eigenvalue weighted by molar-refractivity contribution is 5.92. The summed E-state index contributed by atoms with van der Waals surface area (Å²) in [7, 11) is 0. The molecule has 2 saturated heterocycles. The highest BCUT2D eigenvalue weighted by Gasteiger charge is 2.32. The summed E-state index contributed by atoms with van der Waals surface area (Å²) >= 11 is 0. The van der Waals surface area contributed by atoms with Crippen LogP contribution in [0.2, 0.25) is 0 Å². The fourth-order valence-corrected chi connectivity index (χ4v) is 4.63. The van der Waals surface area contributed by atoms with Crippen LogP contribution in [-0.2, 0) is 15.7 Å². The minimum absolute atomic E-state index is 0.0845. The number of carbonyl (C=O) groups is 1. The maximum atomic E-state index is 13.0. The molecule has 5 rings (SSSR count). The first-order chi connectivity index (χ1) is 18.2. The number of rotatable bonds is 4. The molecule has 0 bridgehead atoms. The normalized spacial score (nSPS) is 18.5. The molecule has 1 aromatic carbocycles. The molecule has 2 aliphatic rings. The number of carbonyl (C=O) groups excluding carboxylic acids is 1. The number of nitrogens with zero attached hydrogens (tertiary/aromatic N) is 6. The Morgan fingerprint density at radius 2 is 1.84 bits per heavy atom. The zero-order chi connectivity index (χ0) is 26.9. The highest BCUT2D eigenvalue weighted by Crippen LogP contribution is 2.29. The summed E-state index contributed by atoms with van der Waals surface area (Å²) in [4.78, 5) is 38.4. The van der Waals surface area contributed by atoms with Gasteiger partial charge in [0.05, 0.1) is 30.1 Å². The first kappa shape index (κ1) is 25.5. The van der Waals surface area contributed by atoms with Crippen molar-refractivity contribution in [3.05, 3.63) is 52.1 Å². The summed E-state index contributed by atoms with van der Waals surface area (Å²) in [5, 5.41) is 7.89. The third-order valence-corrected chi connectivity index (χ3v) is 6.66. The average Bonchev–Trinajstić information content (AvgIpc) is 2.93. The number of aromatic nitrogens is 4. The lowest BCUT2D eigenvalue weighted by Gasteiger charge is -2.37. The Kier molecular flexibility index (Phi) is 6.90. The molecule has 2 fully saturated rings. The number of halogens is 3. The molecule has 2 aliphatic heterocycles. The maximum absolute atomic E-state index is 13.0. The van der Waals surface area contributed by atoms with Gasteiger partial charge in [-0.3, -0.25) is 9.59 Å². The molecule has 0 saturated carbocycles. The summed E-state index contributed by atoms with van der Waals surface area (Å²) in [6, 6.07) is 5.12. The molecule has 0 aliphatic carbocycles. The molecule has 1 amide bonds. The van der Waals surface area contributed by atoms with E-state index < -0.39 is 11.7 Å². The van der Waals surface area contributed by atoms with Crippen LogP contribution in [0.25, 0.3) is 10.8 Å². The van der Waals surface area contributed by atoms with E-state index in [9.17, 15) is 22.8 Å². The van der Waals surface area contributed by atoms with Crippen molar-refractivity contribution < 1.29 is 22.7 Å². The lowest BCUT2D eigenvalue weighted by atomic mass is 10.1. The van der Waals surface area contributed by atoms with Crippen LogP contribution >= 0.6 is 0 Å². The second-order valence-electron chi connectivity index (χ2n) is 9.06. The molecule has 198 valence electrons. The van der Waals surface area contributed by atoms with Gasteiger partial charge >= 0.3 is 6.18 Å². The van der Waals surface area contributed by atoms with Crippen LogP contribution in [0.15, 0.2) is 35.4 Å². The van der Waals surface area contributed by atoms with E-state index in [1.807, 2.05) is 4.90 Å². The molecule has 2 aromatic heterocycles. The molecule has 4 heterocycles. The number of nitrogens with one attached hydrogen (secondary N) is 1. The van der Waals surface area contributed by atoms with Crippen LogP contribution < -0.4 is 15.4 Å². The number of terminal acetylenes is 1. The Morgan fingerprint density at radius 3 is 2.53 bits per heavy atom. The number of morpholine rings is 1. The van der Waals surface area contributed by atoms with Crippen molar-refractivity contribution in [1.29, 1.82) is 0 Å². The second-order valence-corrected chi connectivity index (χ2v) is 9.06. The van der Waals surface area contributed by atoms with Gasteiger partial charge in [-0.25, -0.2) is 15.1 Å². The smallest absolute Gasteiger partial charge is 0.374 e. The Hall–Kier alpha value is -4.18. The van der Waals surface area contributed by atoms with E-state index in [0.29, 0.717) is 68.0 Å². The monoisotopic (exact) mass is 527 g/mol. The summed E-state index contributed by atoms with van der Waals surface area (Å²) in [6.45, 7) is 2.90. The molecule has 10 nitrogen and oxygen atoms in total. The van der Waals surface area contributed by atoms with Crippen LogP contribution in [0, 0.1) is 12.3 Å². The Morgan fingerprint density at radius 1 is 1.11 bits per heavy atom. The number of ether oxygens (including phenoxy) is 1. The molecule has 1 atom stereocenters. The number of piperazine rings is 1. The van der Waals surface area contributed by atoms with E-state index >= 15 is 0 Å². The van der Waals surface area contributed by atoms with E-state index in [2.05, 4.69) is 26.1 Å². The highest BCUT2D eigenvalue weighted by atomic mass is 19.4. The van der Waals surface area contributed by atoms with Gasteiger partial charge in [0.2, 0.25) is 11.9 Å². The number of alkyl halides is 3. The first-order valence-corrected chi connectivity index (χ1v) is 12.0. The largest absolute Gasteiger partial charge is 0.419 e. The minimum Gasteiger partial charge on any atom is -0.374 e. The lowest BCUT2D eigenvalue weighted by Crippen LogP contribution is -2.51. The van der Waals surface area contributed by atoms with Crippen molar-refractivity contribution in [3.8, 4) is 12.3 Å². The molecule has 13 heteroatoms. The number of hydrogen-bond donors (Lipinski definition) is 1. The summed E-state index contributed by atoms with van der Waals surface area (Å²) in [6.07, 6.45) is 2.34. The van der Waals surface area contributed by atoms with Crippen molar-refractivity contribution in [2.75, 3.05) is 55.7 Å². The standard InChI is InChI=1S/C25H24F3N7O3/c1-2-16-3-4-19-20(11-16)22(31-32-23(19)37)35-9-10-38-18(15-35)12-21(36)33-5-7-34(8-6-33)24-29-13-17(14-30-24)25(26,27)28/h1,3-4,11,13-14,18H,5-10,12,15H2,(H,32,37)/t18-/m1/s1. The molecule has 0 radical (unpaired) electrons. The number of anilines is 2. The molecule has 38 heavy (non-hydrogen) atoms. The maximum Gasteiger partial charge on any atom is 0.419 e. The minimum atomic E-state index is -4.49. The van der Waals surface area contributed by atoms with Crippen molar-refractivity contribution in [2.24, 2.45) is 0 Å². The van der Waals surface area contributed by atoms with E-state index in [-0.39, 0.29) is 29.9 Å². The Bertz CT molecular complexity index is 1430. The summed E-state index contributed by atoms with van der Waals surface area (Å²) in [5.74, 6) is 3.26. The molecular formula is C25H24F3N7O3. The Balaban J connectivity index is 1.20. The Labute approximate surface area is 215 Å². The molecule has 0 unspecified atom stereocenters. The van der Waals surface area contributed by atoms with Crippen molar-refractivity contribution >= 4 is 28.4 Å². The van der Waals surface area contributed by atoms with Crippen LogP contribution in [0.5, 0.6) is 0 Å². The molecule has 1 N–H and O–H groups in total. The number of benzene rings is 1. The second kappa shape index (κ2) is 10.3. The SMILES string of the molecule is C#Cc1ccc2c(=O)[nH]nc(N3CCO[C@H](CC(=O)N4CCN(c5ncc(C(F)(F)F)cn5)CC4)C3)c2c1. The van der Waals surface area contributed by atoms with Crippen molar-refractivity contribution in [1.82, 2.24) is 25.1 Å². The van der Waals surface area contributed by atoms with Gasteiger partial charge in [-0.15, -0.1) is 6.42 Å². The summed E-state index contributed by atoms with van der Waals surface area (Å²) < 4.78 is 44.1. The van der Waals surface area contributed by atoms with Crippen molar-refractivity contribution in [2.45, 2.75) is 18.7 Å². The first-order valence-electron chi connectivity index (χ1n) is 12.0. The van der Waals surface area contributed by atoms with Gasteiger partial charge in [0, 0.05) is 62.6 Å². The number of fused-ring (bicyclic) bond motifs is 1. The topological polar surface area (TPSA) is 108 Å². The van der Waals surface area contributed by atoms with Gasteiger partial charge in [-0.2, -0.15) is 18.3 Å². The number of aromatic amines is 1. The van der Waals surface area contributed by atoms with Crippen LogP contribution in [-0.4, -0.2) is 83.0 Å². The number of H-pyrrole nitrogens is 1. The fourth-order valence-electron chi connectivity index (χ4n) is 4.63. The molecular weight excluding hydrogens is 503 g/mol. The van der Waals surface area contributed by atoms with Gasteiger partial charge in [-0.05, 0) is 18.2 Å². The van der Waals surface area contributed by atoms with Gasteiger partial charge in [-0.1, -0.05) is 5.92 Å². The summed E-state index contributed by atoms with van der Waals surface area (Å²) in [5.41, 5.74) is -0.585. The molecule has 0 spiro atoms. The van der Waals surface area contributed by atoms with E-state index in [1.165, 1.54) is 0 Å². The predicted octanol–water partition coefficient (Wildman–Crippen LogP) is 1.66. The third kappa shape index (κ3) is 5.26. The van der Waals surface area contributed by atoms with Crippen LogP contribution in [0.4, 0.5) is 24.9 Å². The molecule has 3 aromatic rings. The van der Waals surface area contributed by atoms with E-state index in [4.69, 9.17) is 11.2 Å². The zero-order valence-corrected chi connectivity index (χ0v) is 20.2. The van der Waals surface area contributed by atoms with Gasteiger partial charge in [0.1, 0.15) is 0 Å². The van der Waals surface area contributed by atoms with Crippen LogP contribution in [0.1, 0.15) is 17.5 Å². The third-order valence-electron chi connectivity index (χ3n) is 6.66. The van der Waals surface area contributed by atoms with E-state index in [1.54, 1.807) is 28.0 Å².